The molecule has 2 aliphatic carbocycles. The second-order valence-electron chi connectivity index (χ2n) is 20.9. The van der Waals surface area contributed by atoms with E-state index >= 15 is 0 Å². The zero-order valence-electron chi connectivity index (χ0n) is 40.8. The quantitative estimate of drug-likeness (QED) is 0.183. The number of carbonyl (C=O) groups is 4. The van der Waals surface area contributed by atoms with Crippen molar-refractivity contribution in [3.8, 4) is 0 Å². The fourth-order valence-electron chi connectivity index (χ4n) is 12.2. The van der Waals surface area contributed by atoms with Gasteiger partial charge in [0.2, 0.25) is 21.8 Å². The average Bonchev–Trinajstić information content (AvgIpc) is 4.27. The molecule has 0 N–H and O–H groups in total. The van der Waals surface area contributed by atoms with E-state index in [-0.39, 0.29) is 29.6 Å². The van der Waals surface area contributed by atoms with Crippen molar-refractivity contribution in [2.75, 3.05) is 99.5 Å². The maximum atomic E-state index is 14.2. The van der Waals surface area contributed by atoms with Crippen LogP contribution in [0.4, 0.5) is 21.7 Å². The summed E-state index contributed by atoms with van der Waals surface area (Å²) in [6.45, 7) is 6.89. The van der Waals surface area contributed by atoms with Crippen molar-refractivity contribution in [2.24, 2.45) is 0 Å². The van der Waals surface area contributed by atoms with Gasteiger partial charge in [0.15, 0.2) is 11.2 Å². The number of fused-ring (bicyclic) bond motifs is 4. The van der Waals surface area contributed by atoms with Crippen LogP contribution in [0, 0.1) is 5.82 Å². The molecule has 6 fully saturated rings. The second kappa shape index (κ2) is 17.6. The van der Waals surface area contributed by atoms with Crippen molar-refractivity contribution in [3.63, 3.8) is 0 Å². The number of halogens is 1. The van der Waals surface area contributed by atoms with Crippen molar-refractivity contribution < 1.29 is 41.5 Å². The van der Waals surface area contributed by atoms with Gasteiger partial charge >= 0.3 is 11.9 Å². The summed E-state index contributed by atoms with van der Waals surface area (Å²) >= 11 is 0. The molecule has 3 aromatic carbocycles. The smallest absolute Gasteiger partial charge is 0.339 e. The Kier molecular flexibility index (Phi) is 11.4. The lowest BCUT2D eigenvalue weighted by Gasteiger charge is -2.37. The van der Waals surface area contributed by atoms with Crippen LogP contribution in [0.2, 0.25) is 0 Å². The van der Waals surface area contributed by atoms with Gasteiger partial charge < -0.3 is 34.0 Å². The van der Waals surface area contributed by atoms with Gasteiger partial charge in [-0.15, -0.1) is 0 Å². The van der Waals surface area contributed by atoms with Gasteiger partial charge in [0, 0.05) is 102 Å². The molecule has 6 aliphatic heterocycles. The third-order valence-electron chi connectivity index (χ3n) is 16.6. The Labute approximate surface area is 423 Å². The summed E-state index contributed by atoms with van der Waals surface area (Å²) in [4.78, 5) is 71.7. The van der Waals surface area contributed by atoms with Crippen LogP contribution in [0.1, 0.15) is 81.5 Å². The van der Waals surface area contributed by atoms with E-state index in [1.807, 2.05) is 88.8 Å². The van der Waals surface area contributed by atoms with Gasteiger partial charge in [-0.1, -0.05) is 60.7 Å². The molecular formula is C55H57FN8O8S. The molecule has 18 heteroatoms. The van der Waals surface area contributed by atoms with Crippen LogP contribution in [0.3, 0.4) is 0 Å². The number of carbonyl (C=O) groups excluding carboxylic acids is 4. The number of nitrogens with zero attached hydrogens (tertiary/aromatic N) is 8. The van der Waals surface area contributed by atoms with E-state index in [1.54, 1.807) is 24.4 Å². The number of piperazine rings is 2. The number of aromatic nitrogens is 2. The van der Waals surface area contributed by atoms with Crippen molar-refractivity contribution in [1.82, 2.24) is 24.1 Å². The number of anilines is 3. The number of likely N-dealkylation sites (tertiary alicyclic amines) is 2. The van der Waals surface area contributed by atoms with Gasteiger partial charge in [0.05, 0.1) is 47.0 Å². The fraction of sp³-hybridized carbons (Fsp3) is 0.418. The Morgan fingerprint density at radius 3 is 1.38 bits per heavy atom. The topological polar surface area (TPSA) is 166 Å². The lowest BCUT2D eigenvalue weighted by Crippen LogP contribution is -2.48. The van der Waals surface area contributed by atoms with E-state index < -0.39 is 32.1 Å². The third kappa shape index (κ3) is 8.17. The number of rotatable bonds is 8. The predicted molar refractivity (Wildman–Crippen MR) is 269 cm³/mol. The minimum Gasteiger partial charge on any atom is -0.449 e. The molecule has 0 bridgehead atoms. The van der Waals surface area contributed by atoms with Crippen LogP contribution in [-0.2, 0) is 51.1 Å². The van der Waals surface area contributed by atoms with E-state index in [1.165, 1.54) is 16.6 Å². The molecule has 2 unspecified atom stereocenters. The molecule has 4 saturated heterocycles. The van der Waals surface area contributed by atoms with E-state index in [2.05, 4.69) is 19.7 Å². The number of ether oxygens (including phenoxy) is 2. The molecule has 2 spiro atoms. The largest absolute Gasteiger partial charge is 0.449 e. The highest BCUT2D eigenvalue weighted by Crippen LogP contribution is 2.53. The summed E-state index contributed by atoms with van der Waals surface area (Å²) in [5.74, 6) is 1.04. The highest BCUT2D eigenvalue weighted by Gasteiger charge is 2.59. The maximum absolute atomic E-state index is 14.2. The first-order valence-electron chi connectivity index (χ1n) is 25.3. The Morgan fingerprint density at radius 2 is 0.959 bits per heavy atom. The van der Waals surface area contributed by atoms with Crippen molar-refractivity contribution in [2.45, 2.75) is 60.6 Å². The van der Waals surface area contributed by atoms with Gasteiger partial charge in [-0.05, 0) is 73.2 Å². The highest BCUT2D eigenvalue weighted by atomic mass is 32.2. The number of para-hydroxylation sites is 1. The molecule has 378 valence electrons. The van der Waals surface area contributed by atoms with Crippen molar-refractivity contribution in [3.05, 3.63) is 149 Å². The lowest BCUT2D eigenvalue weighted by atomic mass is 9.91. The van der Waals surface area contributed by atoms with Gasteiger partial charge in [0.1, 0.15) is 17.5 Å². The Morgan fingerprint density at radius 1 is 0.534 bits per heavy atom. The van der Waals surface area contributed by atoms with Crippen LogP contribution in [0.25, 0.3) is 0 Å². The van der Waals surface area contributed by atoms with Crippen LogP contribution in [0.5, 0.6) is 0 Å². The first-order chi connectivity index (χ1) is 35.2. The van der Waals surface area contributed by atoms with Gasteiger partial charge in [-0.3, -0.25) is 9.59 Å². The molecule has 8 heterocycles. The summed E-state index contributed by atoms with van der Waals surface area (Å²) in [6.07, 6.45) is 9.25. The monoisotopic (exact) mass is 1010 g/mol. The van der Waals surface area contributed by atoms with Crippen LogP contribution < -0.4 is 14.7 Å². The molecule has 16 nitrogen and oxygen atoms in total. The average molecular weight is 1010 g/mol. The number of benzene rings is 3. The maximum Gasteiger partial charge on any atom is 0.339 e. The van der Waals surface area contributed by atoms with E-state index in [9.17, 15) is 32.0 Å². The van der Waals surface area contributed by atoms with Crippen molar-refractivity contribution in [1.29, 1.82) is 0 Å². The van der Waals surface area contributed by atoms with Crippen molar-refractivity contribution >= 4 is 51.1 Å². The fourth-order valence-corrected chi connectivity index (χ4v) is 13.0. The van der Waals surface area contributed by atoms with Crippen LogP contribution in [0.15, 0.2) is 109 Å². The van der Waals surface area contributed by atoms with E-state index in [4.69, 9.17) is 14.5 Å². The first kappa shape index (κ1) is 47.1. The number of amides is 2. The summed E-state index contributed by atoms with van der Waals surface area (Å²) in [5, 5.41) is 0. The molecule has 5 aromatic rings. The molecule has 0 radical (unpaired) electrons. The number of sulfonamides is 1. The molecule has 73 heavy (non-hydrogen) atoms. The summed E-state index contributed by atoms with van der Waals surface area (Å²) in [7, 11) is -3.18. The van der Waals surface area contributed by atoms with Gasteiger partial charge in [-0.25, -0.2) is 32.4 Å². The molecule has 13 rings (SSSR count). The number of hydrogen-bond donors (Lipinski definition) is 0. The molecule has 2 saturated carbocycles. The Bertz CT molecular complexity index is 3140. The molecule has 2 aromatic heterocycles. The molecule has 2 amide bonds. The minimum absolute atomic E-state index is 0.0751. The summed E-state index contributed by atoms with van der Waals surface area (Å²) < 4.78 is 50.8. The van der Waals surface area contributed by atoms with Crippen LogP contribution >= 0.6 is 0 Å². The van der Waals surface area contributed by atoms with Gasteiger partial charge in [-0.2, -0.15) is 4.31 Å². The molecular weight excluding hydrogens is 952 g/mol. The lowest BCUT2D eigenvalue weighted by molar-refractivity contribution is -0.134. The Hall–Kier alpha value is -6.92. The number of esters is 2. The standard InChI is InChI=1S/C30H29FN4O3.C25H28N4O5S/c31-24-7-3-4-8-25(24)33-15-17-34(18-16-33)26-10-9-21(19-32-26)29(11-12-29)28(37)35-14-13-30(20-35)23-6-2-1-5-22(23)27(36)38-30;1-35(32,33)29-14-12-27(13-15-29)21-7-6-18(16-26-21)24(8-9-24)23(31)28-11-10-25(17-28)20-5-3-2-4-19(20)22(30)34-25/h1-10,19H,11-18,20H2;2-7,16H,8-15,17H2,1H3. The summed E-state index contributed by atoms with van der Waals surface area (Å²) in [5.41, 5.74) is 2.91. The SMILES string of the molecule is CS(=O)(=O)N1CCN(c2ccc(C3(C(=O)N4CCC5(C4)OC(=O)c4ccccc45)CC3)cn2)CC1.O=C1OC2(CCN(C(=O)C3(c4ccc(N5CCN(c6ccccc6F)CC5)nc4)CC3)C2)c2ccccc21. The zero-order chi connectivity index (χ0) is 50.3. The zero-order valence-corrected chi connectivity index (χ0v) is 41.6. The minimum atomic E-state index is -3.18. The Balaban J connectivity index is 0.000000149. The van der Waals surface area contributed by atoms with E-state index in [0.29, 0.717) is 82.0 Å². The normalized spacial score (nSPS) is 24.5. The van der Waals surface area contributed by atoms with Gasteiger partial charge in [0.25, 0.3) is 0 Å². The second-order valence-corrected chi connectivity index (χ2v) is 22.8. The highest BCUT2D eigenvalue weighted by molar-refractivity contribution is 7.88. The first-order valence-corrected chi connectivity index (χ1v) is 27.2. The number of pyridine rings is 2. The summed E-state index contributed by atoms with van der Waals surface area (Å²) in [6, 6.07) is 29.8. The van der Waals surface area contributed by atoms with Crippen LogP contribution in [-0.4, -0.2) is 141 Å². The number of hydrogen-bond acceptors (Lipinski definition) is 13. The predicted octanol–water partition coefficient (Wildman–Crippen LogP) is 5.37. The molecule has 2 atom stereocenters. The van der Waals surface area contributed by atoms with E-state index in [0.717, 1.165) is 85.8 Å². The molecule has 8 aliphatic rings. The third-order valence-corrected chi connectivity index (χ3v) is 17.9.